The molecule has 1 heterocycles. The molecule has 0 spiro atoms. The molecule has 1 aliphatic heterocycles. The van der Waals surface area contributed by atoms with Crippen molar-refractivity contribution in [3.8, 4) is 0 Å². The van der Waals surface area contributed by atoms with Crippen molar-refractivity contribution < 1.29 is 19.5 Å². The van der Waals surface area contributed by atoms with Gasteiger partial charge < -0.3 is 15.3 Å². The minimum absolute atomic E-state index is 0.0274. The molecule has 106 valence electrons. The minimum atomic E-state index is -1.13. The van der Waals surface area contributed by atoms with Gasteiger partial charge in [0.2, 0.25) is 11.8 Å². The van der Waals surface area contributed by atoms with Gasteiger partial charge in [-0.3, -0.25) is 9.59 Å². The van der Waals surface area contributed by atoms with Crippen LogP contribution in [0.5, 0.6) is 0 Å². The number of amides is 2. The largest absolute Gasteiger partial charge is 0.478 e. The quantitative estimate of drug-likeness (QED) is 0.884. The average Bonchev–Trinajstić information content (AvgIpc) is 2.69. The highest BCUT2D eigenvalue weighted by molar-refractivity contribution is 6.33. The molecular formula is C13H13ClN2O4. The van der Waals surface area contributed by atoms with Crippen molar-refractivity contribution in [3.05, 3.63) is 28.8 Å². The van der Waals surface area contributed by atoms with E-state index in [9.17, 15) is 14.4 Å². The molecule has 2 rings (SSSR count). The zero-order valence-electron chi connectivity index (χ0n) is 10.7. The summed E-state index contributed by atoms with van der Waals surface area (Å²) in [5.41, 5.74) is 0.382. The second kappa shape index (κ2) is 5.50. The summed E-state index contributed by atoms with van der Waals surface area (Å²) in [6, 6.07) is 4.17. The number of nitrogens with zero attached hydrogens (tertiary/aromatic N) is 1. The molecule has 0 aromatic heterocycles. The monoisotopic (exact) mass is 296 g/mol. The number of carboxylic acid groups (broad SMARTS) is 1. The Morgan fingerprint density at radius 3 is 2.65 bits per heavy atom. The molecule has 0 aliphatic carbocycles. The van der Waals surface area contributed by atoms with Gasteiger partial charge in [0.15, 0.2) is 0 Å². The summed E-state index contributed by atoms with van der Waals surface area (Å²) >= 11 is 5.82. The van der Waals surface area contributed by atoms with Gasteiger partial charge >= 0.3 is 5.97 Å². The smallest absolute Gasteiger partial charge is 0.337 e. The van der Waals surface area contributed by atoms with Gasteiger partial charge in [0, 0.05) is 25.7 Å². The number of nitrogens with one attached hydrogen (secondary N) is 1. The van der Waals surface area contributed by atoms with Crippen molar-refractivity contribution in [2.24, 2.45) is 5.92 Å². The fourth-order valence-corrected chi connectivity index (χ4v) is 2.31. The van der Waals surface area contributed by atoms with Crippen molar-refractivity contribution >= 4 is 35.1 Å². The summed E-state index contributed by atoms with van der Waals surface area (Å²) in [6.07, 6.45) is 0.184. The highest BCUT2D eigenvalue weighted by Crippen LogP contribution is 2.23. The lowest BCUT2D eigenvalue weighted by molar-refractivity contribution is -0.127. The first kappa shape index (κ1) is 14.3. The van der Waals surface area contributed by atoms with Crippen LogP contribution in [-0.2, 0) is 9.59 Å². The van der Waals surface area contributed by atoms with E-state index < -0.39 is 11.9 Å². The number of likely N-dealkylation sites (tertiary alicyclic amines) is 1. The third kappa shape index (κ3) is 2.91. The molecule has 0 saturated carbocycles. The van der Waals surface area contributed by atoms with Crippen molar-refractivity contribution in [1.82, 2.24) is 4.90 Å². The van der Waals surface area contributed by atoms with Crippen LogP contribution >= 0.6 is 11.6 Å². The molecule has 6 nitrogen and oxygen atoms in total. The molecule has 0 bridgehead atoms. The van der Waals surface area contributed by atoms with Gasteiger partial charge in [0.05, 0.1) is 16.5 Å². The van der Waals surface area contributed by atoms with Crippen LogP contribution in [0.3, 0.4) is 0 Å². The van der Waals surface area contributed by atoms with Crippen LogP contribution in [0, 0.1) is 5.92 Å². The van der Waals surface area contributed by atoms with Gasteiger partial charge in [-0.05, 0) is 18.2 Å². The van der Waals surface area contributed by atoms with Gasteiger partial charge in [-0.1, -0.05) is 11.6 Å². The van der Waals surface area contributed by atoms with Crippen LogP contribution in [0.15, 0.2) is 18.2 Å². The first-order chi connectivity index (χ1) is 9.38. The highest BCUT2D eigenvalue weighted by Gasteiger charge is 2.32. The number of aromatic carboxylic acids is 1. The fourth-order valence-electron chi connectivity index (χ4n) is 2.05. The number of carboxylic acids is 1. The van der Waals surface area contributed by atoms with Crippen molar-refractivity contribution in [3.63, 3.8) is 0 Å². The molecule has 2 N–H and O–H groups in total. The zero-order chi connectivity index (χ0) is 14.9. The molecule has 1 fully saturated rings. The third-order valence-corrected chi connectivity index (χ3v) is 3.49. The van der Waals surface area contributed by atoms with E-state index in [-0.39, 0.29) is 28.8 Å². The SMILES string of the molecule is CN1CC(C(=O)Nc2ccc(C(=O)O)c(Cl)c2)CC1=O. The van der Waals surface area contributed by atoms with Gasteiger partial charge in [0.1, 0.15) is 0 Å². The molecule has 7 heteroatoms. The molecular weight excluding hydrogens is 284 g/mol. The van der Waals surface area contributed by atoms with E-state index in [4.69, 9.17) is 16.7 Å². The van der Waals surface area contributed by atoms with Crippen molar-refractivity contribution in [2.75, 3.05) is 18.9 Å². The van der Waals surface area contributed by atoms with E-state index in [1.165, 1.54) is 23.1 Å². The molecule has 1 saturated heterocycles. The molecule has 20 heavy (non-hydrogen) atoms. The normalized spacial score (nSPS) is 18.2. The Labute approximate surface area is 120 Å². The molecule has 1 atom stereocenters. The van der Waals surface area contributed by atoms with Crippen molar-refractivity contribution in [1.29, 1.82) is 0 Å². The van der Waals surface area contributed by atoms with E-state index in [0.29, 0.717) is 12.2 Å². The summed E-state index contributed by atoms with van der Waals surface area (Å²) in [4.78, 5) is 35.7. The van der Waals surface area contributed by atoms with E-state index in [2.05, 4.69) is 5.32 Å². The Morgan fingerprint density at radius 1 is 1.45 bits per heavy atom. The first-order valence-electron chi connectivity index (χ1n) is 5.96. The van der Waals surface area contributed by atoms with E-state index in [1.54, 1.807) is 7.05 Å². The van der Waals surface area contributed by atoms with Gasteiger partial charge in [-0.2, -0.15) is 0 Å². The summed E-state index contributed by atoms with van der Waals surface area (Å²) < 4.78 is 0. The lowest BCUT2D eigenvalue weighted by atomic mass is 10.1. The zero-order valence-corrected chi connectivity index (χ0v) is 11.5. The van der Waals surface area contributed by atoms with E-state index >= 15 is 0 Å². The number of anilines is 1. The Kier molecular flexibility index (Phi) is 3.94. The number of benzene rings is 1. The van der Waals surface area contributed by atoms with Crippen LogP contribution in [-0.4, -0.2) is 41.4 Å². The Bertz CT molecular complexity index is 588. The number of carbonyl (C=O) groups excluding carboxylic acids is 2. The molecule has 1 aromatic rings. The summed E-state index contributed by atoms with van der Waals surface area (Å²) in [5.74, 6) is -1.87. The summed E-state index contributed by atoms with van der Waals surface area (Å²) in [5, 5.41) is 11.5. The summed E-state index contributed by atoms with van der Waals surface area (Å²) in [7, 11) is 1.65. The first-order valence-corrected chi connectivity index (χ1v) is 6.34. The number of hydrogen-bond donors (Lipinski definition) is 2. The van der Waals surface area contributed by atoms with Crippen molar-refractivity contribution in [2.45, 2.75) is 6.42 Å². The Morgan fingerprint density at radius 2 is 2.15 bits per heavy atom. The second-order valence-electron chi connectivity index (χ2n) is 4.66. The third-order valence-electron chi connectivity index (χ3n) is 3.18. The lowest BCUT2D eigenvalue weighted by Gasteiger charge is -2.11. The molecule has 1 aliphatic rings. The maximum absolute atomic E-state index is 12.0. The fraction of sp³-hybridized carbons (Fsp3) is 0.308. The topological polar surface area (TPSA) is 86.7 Å². The lowest BCUT2D eigenvalue weighted by Crippen LogP contribution is -2.25. The van der Waals surface area contributed by atoms with Crippen LogP contribution in [0.4, 0.5) is 5.69 Å². The second-order valence-corrected chi connectivity index (χ2v) is 5.07. The Hall–Kier alpha value is -2.08. The highest BCUT2D eigenvalue weighted by atomic mass is 35.5. The minimum Gasteiger partial charge on any atom is -0.478 e. The van der Waals surface area contributed by atoms with Gasteiger partial charge in [-0.25, -0.2) is 4.79 Å². The Balaban J connectivity index is 2.07. The number of carbonyl (C=O) groups is 3. The predicted molar refractivity (Wildman–Crippen MR) is 72.8 cm³/mol. The van der Waals surface area contributed by atoms with Crippen LogP contribution in [0.1, 0.15) is 16.8 Å². The predicted octanol–water partition coefficient (Wildman–Crippen LogP) is 1.45. The summed E-state index contributed by atoms with van der Waals surface area (Å²) in [6.45, 7) is 0.381. The maximum Gasteiger partial charge on any atom is 0.337 e. The van der Waals surface area contributed by atoms with Gasteiger partial charge in [0.25, 0.3) is 0 Å². The standard InChI is InChI=1S/C13H13ClN2O4/c1-16-6-7(4-11(16)17)12(18)15-8-2-3-9(13(19)20)10(14)5-8/h2-3,5,7H,4,6H2,1H3,(H,15,18)(H,19,20). The van der Waals surface area contributed by atoms with E-state index in [1.807, 2.05) is 0 Å². The maximum atomic E-state index is 12.0. The molecule has 0 radical (unpaired) electrons. The number of halogens is 1. The average molecular weight is 297 g/mol. The van der Waals surface area contributed by atoms with Crippen LogP contribution in [0.25, 0.3) is 0 Å². The van der Waals surface area contributed by atoms with Crippen LogP contribution in [0.2, 0.25) is 5.02 Å². The van der Waals surface area contributed by atoms with E-state index in [0.717, 1.165) is 0 Å². The molecule has 2 amide bonds. The van der Waals surface area contributed by atoms with Crippen LogP contribution < -0.4 is 5.32 Å². The molecule has 1 aromatic carbocycles. The number of hydrogen-bond acceptors (Lipinski definition) is 3. The molecule has 1 unspecified atom stereocenters. The van der Waals surface area contributed by atoms with Gasteiger partial charge in [-0.15, -0.1) is 0 Å². The number of rotatable bonds is 3.